The van der Waals surface area contributed by atoms with Crippen LogP contribution in [0.2, 0.25) is 0 Å². The van der Waals surface area contributed by atoms with Crippen LogP contribution in [-0.2, 0) is 0 Å². The van der Waals surface area contributed by atoms with E-state index in [1.807, 2.05) is 0 Å². The number of nitrogens with zero attached hydrogens (tertiary/aromatic N) is 3. The van der Waals surface area contributed by atoms with E-state index in [9.17, 15) is 15.2 Å². The van der Waals surface area contributed by atoms with Gasteiger partial charge in [0.1, 0.15) is 5.56 Å². The number of para-hydroxylation sites is 1. The molecule has 100 valence electrons. The van der Waals surface area contributed by atoms with Crippen molar-refractivity contribution >= 4 is 5.69 Å². The summed E-state index contributed by atoms with van der Waals surface area (Å²) < 4.78 is 5.03. The van der Waals surface area contributed by atoms with Crippen molar-refractivity contribution < 1.29 is 14.6 Å². The lowest BCUT2D eigenvalue weighted by Gasteiger charge is -2.07. The van der Waals surface area contributed by atoms with E-state index in [1.165, 1.54) is 6.07 Å². The second-order valence-electron chi connectivity index (χ2n) is 4.26. The maximum Gasteiger partial charge on any atom is 0.280 e. The molecule has 0 saturated carbocycles. The summed E-state index contributed by atoms with van der Waals surface area (Å²) in [6.07, 6.45) is -0.640. The van der Waals surface area contributed by atoms with Crippen molar-refractivity contribution in [1.29, 1.82) is 0 Å². The summed E-state index contributed by atoms with van der Waals surface area (Å²) in [5, 5.41) is 24.1. The van der Waals surface area contributed by atoms with Crippen molar-refractivity contribution in [1.82, 2.24) is 10.1 Å². The number of nitro groups is 1. The SMILES string of the molecule is CC(O)C(C)c1nc(-c2ccccc2[N+](=O)[O-])no1. The molecule has 1 heterocycles. The Balaban J connectivity index is 2.41. The molecule has 0 fully saturated rings. The Labute approximate surface area is 109 Å². The van der Waals surface area contributed by atoms with Crippen LogP contribution in [-0.4, -0.2) is 26.3 Å². The molecule has 2 unspecified atom stereocenters. The van der Waals surface area contributed by atoms with Crippen LogP contribution in [0.3, 0.4) is 0 Å². The Morgan fingerprint density at radius 1 is 1.37 bits per heavy atom. The molecule has 7 heteroatoms. The largest absolute Gasteiger partial charge is 0.393 e. The van der Waals surface area contributed by atoms with Crippen LogP contribution in [0.15, 0.2) is 28.8 Å². The molecule has 1 N–H and O–H groups in total. The number of aliphatic hydroxyl groups excluding tert-OH is 1. The molecule has 2 rings (SSSR count). The summed E-state index contributed by atoms with van der Waals surface area (Å²) >= 11 is 0. The normalized spacial score (nSPS) is 14.1. The van der Waals surface area contributed by atoms with Crippen LogP contribution in [0.5, 0.6) is 0 Å². The first-order valence-corrected chi connectivity index (χ1v) is 5.76. The van der Waals surface area contributed by atoms with Gasteiger partial charge >= 0.3 is 0 Å². The van der Waals surface area contributed by atoms with Gasteiger partial charge in [0.15, 0.2) is 0 Å². The summed E-state index contributed by atoms with van der Waals surface area (Å²) in [4.78, 5) is 14.5. The van der Waals surface area contributed by atoms with Crippen LogP contribution < -0.4 is 0 Å². The van der Waals surface area contributed by atoms with Gasteiger partial charge < -0.3 is 9.63 Å². The summed E-state index contributed by atoms with van der Waals surface area (Å²) in [5.41, 5.74) is 0.208. The third-order valence-corrected chi connectivity index (χ3v) is 2.90. The molecule has 2 aromatic rings. The molecule has 19 heavy (non-hydrogen) atoms. The average molecular weight is 263 g/mol. The van der Waals surface area contributed by atoms with Gasteiger partial charge in [-0.1, -0.05) is 24.2 Å². The van der Waals surface area contributed by atoms with Gasteiger partial charge in [-0.25, -0.2) is 0 Å². The number of aromatic nitrogens is 2. The quantitative estimate of drug-likeness (QED) is 0.669. The standard InChI is InChI=1S/C12H13N3O4/c1-7(8(2)16)12-13-11(14-19-12)9-5-3-4-6-10(9)15(17)18/h3-8,16H,1-2H3. The van der Waals surface area contributed by atoms with Gasteiger partial charge in [0.05, 0.1) is 16.9 Å². The first-order chi connectivity index (χ1) is 9.00. The van der Waals surface area contributed by atoms with E-state index < -0.39 is 11.0 Å². The monoisotopic (exact) mass is 263 g/mol. The molecule has 7 nitrogen and oxygen atoms in total. The van der Waals surface area contributed by atoms with E-state index in [-0.39, 0.29) is 23.3 Å². The second-order valence-corrected chi connectivity index (χ2v) is 4.26. The van der Waals surface area contributed by atoms with Crippen molar-refractivity contribution in [2.75, 3.05) is 0 Å². The topological polar surface area (TPSA) is 102 Å². The highest BCUT2D eigenvalue weighted by Crippen LogP contribution is 2.28. The number of aliphatic hydroxyl groups is 1. The smallest absolute Gasteiger partial charge is 0.280 e. The average Bonchev–Trinajstić information content (AvgIpc) is 2.87. The van der Waals surface area contributed by atoms with Crippen LogP contribution in [0.25, 0.3) is 11.4 Å². The number of hydrogen-bond donors (Lipinski definition) is 1. The summed E-state index contributed by atoms with van der Waals surface area (Å²) in [6, 6.07) is 6.17. The minimum Gasteiger partial charge on any atom is -0.393 e. The number of nitro benzene ring substituents is 1. The van der Waals surface area contributed by atoms with Gasteiger partial charge in [-0.05, 0) is 13.0 Å². The van der Waals surface area contributed by atoms with Gasteiger partial charge in [0, 0.05) is 6.07 Å². The van der Waals surface area contributed by atoms with Crippen LogP contribution in [0, 0.1) is 10.1 Å². The van der Waals surface area contributed by atoms with Crippen molar-refractivity contribution in [3.8, 4) is 11.4 Å². The predicted octanol–water partition coefficient (Wildman–Crippen LogP) is 2.13. The zero-order valence-electron chi connectivity index (χ0n) is 10.5. The van der Waals surface area contributed by atoms with Gasteiger partial charge in [-0.2, -0.15) is 4.98 Å². The predicted molar refractivity (Wildman–Crippen MR) is 66.5 cm³/mol. The van der Waals surface area contributed by atoms with Gasteiger partial charge in [-0.15, -0.1) is 0 Å². The number of hydrogen-bond acceptors (Lipinski definition) is 6. The molecule has 1 aromatic heterocycles. The Bertz CT molecular complexity index is 594. The van der Waals surface area contributed by atoms with E-state index >= 15 is 0 Å². The van der Waals surface area contributed by atoms with Crippen molar-refractivity contribution in [3.05, 3.63) is 40.3 Å². The Kier molecular flexibility index (Phi) is 3.57. The maximum atomic E-state index is 10.9. The summed E-state index contributed by atoms with van der Waals surface area (Å²) in [7, 11) is 0. The van der Waals surface area contributed by atoms with Gasteiger partial charge in [-0.3, -0.25) is 10.1 Å². The molecular formula is C12H13N3O4. The first kappa shape index (κ1) is 13.2. The minimum absolute atomic E-state index is 0.0837. The molecule has 0 bridgehead atoms. The third kappa shape index (κ3) is 2.60. The van der Waals surface area contributed by atoms with Crippen molar-refractivity contribution in [3.63, 3.8) is 0 Å². The Morgan fingerprint density at radius 2 is 2.05 bits per heavy atom. The number of rotatable bonds is 4. The molecular weight excluding hydrogens is 250 g/mol. The van der Waals surface area contributed by atoms with Gasteiger partial charge in [0.25, 0.3) is 5.69 Å². The number of benzene rings is 1. The van der Waals surface area contributed by atoms with E-state index in [0.717, 1.165) is 0 Å². The van der Waals surface area contributed by atoms with E-state index in [0.29, 0.717) is 5.56 Å². The van der Waals surface area contributed by atoms with Crippen LogP contribution in [0.4, 0.5) is 5.69 Å². The third-order valence-electron chi connectivity index (χ3n) is 2.90. The molecule has 0 aliphatic carbocycles. The lowest BCUT2D eigenvalue weighted by Crippen LogP contribution is -2.11. The van der Waals surface area contributed by atoms with Gasteiger partial charge in [0.2, 0.25) is 11.7 Å². The molecule has 0 spiro atoms. The highest BCUT2D eigenvalue weighted by molar-refractivity contribution is 5.67. The lowest BCUT2D eigenvalue weighted by atomic mass is 10.1. The first-order valence-electron chi connectivity index (χ1n) is 5.76. The van der Waals surface area contributed by atoms with E-state index in [1.54, 1.807) is 32.0 Å². The zero-order valence-corrected chi connectivity index (χ0v) is 10.5. The van der Waals surface area contributed by atoms with Crippen LogP contribution in [0.1, 0.15) is 25.7 Å². The fraction of sp³-hybridized carbons (Fsp3) is 0.333. The fourth-order valence-corrected chi connectivity index (χ4v) is 1.56. The Hall–Kier alpha value is -2.28. The van der Waals surface area contributed by atoms with Crippen molar-refractivity contribution in [2.45, 2.75) is 25.9 Å². The highest BCUT2D eigenvalue weighted by atomic mass is 16.6. The Morgan fingerprint density at radius 3 is 2.68 bits per heavy atom. The van der Waals surface area contributed by atoms with E-state index in [4.69, 9.17) is 4.52 Å². The maximum absolute atomic E-state index is 10.9. The molecule has 0 aliphatic heterocycles. The van der Waals surface area contributed by atoms with Crippen molar-refractivity contribution in [2.24, 2.45) is 0 Å². The molecule has 0 aliphatic rings. The molecule has 2 atom stereocenters. The molecule has 0 radical (unpaired) electrons. The lowest BCUT2D eigenvalue weighted by molar-refractivity contribution is -0.384. The molecule has 0 saturated heterocycles. The molecule has 1 aromatic carbocycles. The van der Waals surface area contributed by atoms with Crippen LogP contribution >= 0.6 is 0 Å². The molecule has 0 amide bonds. The minimum atomic E-state index is -0.640. The van der Waals surface area contributed by atoms with E-state index in [2.05, 4.69) is 10.1 Å². The highest BCUT2D eigenvalue weighted by Gasteiger charge is 2.23. The zero-order chi connectivity index (χ0) is 14.0. The summed E-state index contributed by atoms with van der Waals surface area (Å²) in [6.45, 7) is 3.35. The fourth-order valence-electron chi connectivity index (χ4n) is 1.56. The summed E-state index contributed by atoms with van der Waals surface area (Å²) in [5.74, 6) is 0.0713. The second kappa shape index (κ2) is 5.15.